The quantitative estimate of drug-likeness (QED) is 0.305. The molecule has 0 aliphatic carbocycles. The van der Waals surface area contributed by atoms with E-state index < -0.39 is 26.3 Å². The Balaban J connectivity index is 2.70. The van der Waals surface area contributed by atoms with E-state index in [9.17, 15) is 9.59 Å². The summed E-state index contributed by atoms with van der Waals surface area (Å²) in [4.78, 5) is 27.5. The van der Waals surface area contributed by atoms with Crippen molar-refractivity contribution in [1.82, 2.24) is 4.90 Å². The minimum atomic E-state index is -2.04. The van der Waals surface area contributed by atoms with E-state index >= 15 is 0 Å². The van der Waals surface area contributed by atoms with Crippen molar-refractivity contribution in [2.75, 3.05) is 6.61 Å². The number of benzene rings is 1. The third-order valence-corrected chi connectivity index (χ3v) is 13.7. The Labute approximate surface area is 206 Å². The molecule has 33 heavy (non-hydrogen) atoms. The highest BCUT2D eigenvalue weighted by Crippen LogP contribution is 2.41. The molecule has 1 amide bonds. The predicted octanol–water partition coefficient (Wildman–Crippen LogP) is 6.59. The first-order valence-electron chi connectivity index (χ1n) is 12.2. The van der Waals surface area contributed by atoms with Gasteiger partial charge in [0.1, 0.15) is 26.8 Å². The van der Waals surface area contributed by atoms with Gasteiger partial charge in [-0.15, -0.1) is 5.54 Å². The van der Waals surface area contributed by atoms with Crippen LogP contribution in [0.3, 0.4) is 0 Å². The smallest absolute Gasteiger partial charge is 0.250 e. The lowest BCUT2D eigenvalue weighted by molar-refractivity contribution is -0.161. The summed E-state index contributed by atoms with van der Waals surface area (Å²) in [5.74, 6) is 3.38. The van der Waals surface area contributed by atoms with Crippen molar-refractivity contribution in [3.63, 3.8) is 0 Å². The van der Waals surface area contributed by atoms with Gasteiger partial charge in [0.15, 0.2) is 5.78 Å². The van der Waals surface area contributed by atoms with E-state index in [0.717, 1.165) is 12.0 Å². The summed E-state index contributed by atoms with van der Waals surface area (Å²) in [6.07, 6.45) is 1.00. The van der Waals surface area contributed by atoms with Gasteiger partial charge in [-0.05, 0) is 47.7 Å². The lowest BCUT2D eigenvalue weighted by Crippen LogP contribution is -2.57. The highest BCUT2D eigenvalue weighted by molar-refractivity contribution is 6.90. The van der Waals surface area contributed by atoms with Crippen molar-refractivity contribution >= 4 is 31.4 Å². The molecule has 1 aromatic carbocycles. The lowest BCUT2D eigenvalue weighted by Gasteiger charge is -2.43. The molecule has 182 valence electrons. The third-order valence-electron chi connectivity index (χ3n) is 7.13. The average molecular weight is 490 g/mol. The Bertz CT molecular complexity index is 863. The van der Waals surface area contributed by atoms with Crippen LogP contribution in [-0.2, 0) is 14.3 Å². The van der Waals surface area contributed by atoms with Gasteiger partial charge in [0.05, 0.1) is 6.04 Å². The van der Waals surface area contributed by atoms with Crippen molar-refractivity contribution in [2.24, 2.45) is 0 Å². The fourth-order valence-corrected chi connectivity index (χ4v) is 10.9. The van der Waals surface area contributed by atoms with Crippen LogP contribution in [0.4, 0.5) is 0 Å². The number of ether oxygens (including phenoxy) is 1. The Morgan fingerprint density at radius 3 is 2.12 bits per heavy atom. The first kappa shape index (κ1) is 27.6. The summed E-state index contributed by atoms with van der Waals surface area (Å²) in [7, 11) is -2.04. The van der Waals surface area contributed by atoms with E-state index in [1.54, 1.807) is 11.8 Å². The number of hydrogen-bond acceptors (Lipinski definition) is 3. The van der Waals surface area contributed by atoms with Crippen molar-refractivity contribution in [2.45, 2.75) is 103 Å². The van der Waals surface area contributed by atoms with E-state index in [1.807, 2.05) is 31.2 Å². The van der Waals surface area contributed by atoms with Crippen molar-refractivity contribution < 1.29 is 14.3 Å². The molecule has 3 atom stereocenters. The molecular weight excluding hydrogens is 450 g/mol. The molecule has 0 spiro atoms. The van der Waals surface area contributed by atoms with E-state index in [-0.39, 0.29) is 18.3 Å². The number of nitrogens with zero attached hydrogens (tertiary/aromatic N) is 1. The highest BCUT2D eigenvalue weighted by atomic mass is 35.5. The maximum atomic E-state index is 13.2. The monoisotopic (exact) mass is 489 g/mol. The van der Waals surface area contributed by atoms with Crippen LogP contribution in [-0.4, -0.2) is 43.4 Å². The molecule has 1 fully saturated rings. The van der Waals surface area contributed by atoms with Gasteiger partial charge in [0.2, 0.25) is 5.91 Å². The van der Waals surface area contributed by atoms with Gasteiger partial charge in [-0.25, -0.2) is 0 Å². The molecular formula is C27H40ClNO3Si. The second-order valence-electron chi connectivity index (χ2n) is 10.1. The zero-order valence-corrected chi connectivity index (χ0v) is 23.2. The zero-order chi connectivity index (χ0) is 24.9. The SMILES string of the molecule is CCC[C@@H](C(C)=O)N1C(=O)CO[C@H](c2ccc(Cl)cc2)[C@@H]1C#C[Si](C(C)C)(C(C)C)C(C)C. The summed E-state index contributed by atoms with van der Waals surface area (Å²) in [6, 6.07) is 6.50. The number of rotatable bonds is 8. The number of carbonyl (C=O) groups excluding carboxylic acids is 2. The number of Topliss-reactive ketones (excluding diaryl/α,β-unsaturated/α-hetero) is 1. The first-order valence-corrected chi connectivity index (χ1v) is 14.8. The standard InChI is InChI=1S/C27H40ClNO3Si/c1-9-10-24(21(8)30)29-25(15-16-33(18(2)3,19(4)5)20(6)7)27(32-17-26(29)31)22-11-13-23(28)14-12-22/h11-14,18-20,24-25,27H,9-10,17H2,1-8H3/t24-,25-,27+/m0/s1. The number of ketones is 1. The molecule has 1 aliphatic heterocycles. The molecule has 1 aliphatic rings. The maximum absolute atomic E-state index is 13.2. The molecule has 1 saturated heterocycles. The summed E-state index contributed by atoms with van der Waals surface area (Å²) in [5.41, 5.74) is 6.09. The molecule has 0 aromatic heterocycles. The Kier molecular flexibility index (Phi) is 9.78. The maximum Gasteiger partial charge on any atom is 0.250 e. The van der Waals surface area contributed by atoms with Gasteiger partial charge in [-0.3, -0.25) is 9.59 Å². The fraction of sp³-hybridized carbons (Fsp3) is 0.630. The summed E-state index contributed by atoms with van der Waals surface area (Å²) >= 11 is 6.13. The zero-order valence-electron chi connectivity index (χ0n) is 21.4. The molecule has 2 rings (SSSR count). The van der Waals surface area contributed by atoms with Gasteiger partial charge >= 0.3 is 0 Å². The van der Waals surface area contributed by atoms with Crippen LogP contribution in [0.15, 0.2) is 24.3 Å². The normalized spacial score (nSPS) is 20.2. The average Bonchev–Trinajstić information content (AvgIpc) is 2.73. The van der Waals surface area contributed by atoms with Gasteiger partial charge in [-0.2, -0.15) is 0 Å². The van der Waals surface area contributed by atoms with Crippen LogP contribution < -0.4 is 0 Å². The van der Waals surface area contributed by atoms with Crippen molar-refractivity contribution in [3.8, 4) is 11.5 Å². The van der Waals surface area contributed by atoms with Crippen LogP contribution in [0.5, 0.6) is 0 Å². The van der Waals surface area contributed by atoms with E-state index in [1.165, 1.54) is 0 Å². The molecule has 0 N–H and O–H groups in total. The van der Waals surface area contributed by atoms with E-state index in [2.05, 4.69) is 53.0 Å². The van der Waals surface area contributed by atoms with Crippen LogP contribution >= 0.6 is 11.6 Å². The largest absolute Gasteiger partial charge is 0.360 e. The Morgan fingerprint density at radius 2 is 1.67 bits per heavy atom. The molecule has 0 bridgehead atoms. The minimum Gasteiger partial charge on any atom is -0.360 e. The van der Waals surface area contributed by atoms with Gasteiger partial charge < -0.3 is 9.64 Å². The number of morpholine rings is 1. The molecule has 0 unspecified atom stereocenters. The van der Waals surface area contributed by atoms with Gasteiger partial charge in [0.25, 0.3) is 0 Å². The van der Waals surface area contributed by atoms with Crippen LogP contribution in [0.25, 0.3) is 0 Å². The number of amides is 1. The second-order valence-corrected chi connectivity index (χ2v) is 16.1. The highest BCUT2D eigenvalue weighted by Gasteiger charge is 2.44. The summed E-state index contributed by atoms with van der Waals surface area (Å²) < 4.78 is 6.08. The first-order chi connectivity index (χ1) is 15.5. The topological polar surface area (TPSA) is 46.6 Å². The number of halogens is 1. The predicted molar refractivity (Wildman–Crippen MR) is 139 cm³/mol. The second kappa shape index (κ2) is 11.7. The molecule has 1 heterocycles. The minimum absolute atomic E-state index is 0.00570. The molecule has 4 nitrogen and oxygen atoms in total. The summed E-state index contributed by atoms with van der Waals surface area (Å²) in [6.45, 7) is 17.2. The van der Waals surface area contributed by atoms with Crippen LogP contribution in [0.2, 0.25) is 21.6 Å². The van der Waals surface area contributed by atoms with Gasteiger partial charge in [-0.1, -0.05) is 84.5 Å². The van der Waals surface area contributed by atoms with E-state index in [0.29, 0.717) is 28.1 Å². The van der Waals surface area contributed by atoms with Crippen molar-refractivity contribution in [3.05, 3.63) is 34.9 Å². The van der Waals surface area contributed by atoms with Crippen LogP contribution in [0.1, 0.15) is 79.9 Å². The molecule has 6 heteroatoms. The lowest BCUT2D eigenvalue weighted by atomic mass is 9.95. The van der Waals surface area contributed by atoms with E-state index in [4.69, 9.17) is 16.3 Å². The van der Waals surface area contributed by atoms with Crippen LogP contribution in [0, 0.1) is 11.5 Å². The number of hydrogen-bond donors (Lipinski definition) is 0. The Morgan fingerprint density at radius 1 is 1.12 bits per heavy atom. The van der Waals surface area contributed by atoms with Gasteiger partial charge in [0, 0.05) is 5.02 Å². The number of carbonyl (C=O) groups is 2. The Hall–Kier alpha value is -1.61. The molecule has 0 saturated carbocycles. The third kappa shape index (κ3) is 5.91. The molecule has 1 aromatic rings. The fourth-order valence-electron chi connectivity index (χ4n) is 5.52. The summed E-state index contributed by atoms with van der Waals surface area (Å²) in [5, 5.41) is 0.642. The molecule has 0 radical (unpaired) electrons. The van der Waals surface area contributed by atoms with Crippen molar-refractivity contribution in [1.29, 1.82) is 0 Å².